The zero-order chi connectivity index (χ0) is 18.0. The van der Waals surface area contributed by atoms with Crippen molar-refractivity contribution in [3.63, 3.8) is 0 Å². The van der Waals surface area contributed by atoms with Gasteiger partial charge in [-0.15, -0.1) is 0 Å². The van der Waals surface area contributed by atoms with Crippen LogP contribution in [-0.2, 0) is 9.53 Å². The summed E-state index contributed by atoms with van der Waals surface area (Å²) in [6.45, 7) is 5.55. The first-order chi connectivity index (χ1) is 12.0. The molecule has 3 rings (SSSR count). The van der Waals surface area contributed by atoms with Crippen LogP contribution in [-0.4, -0.2) is 55.5 Å². The van der Waals surface area contributed by atoms with Crippen LogP contribution in [0.5, 0.6) is 11.5 Å². The number of hydrogen-bond donors (Lipinski definition) is 0. The summed E-state index contributed by atoms with van der Waals surface area (Å²) in [5.74, 6) is 1.08. The van der Waals surface area contributed by atoms with Crippen molar-refractivity contribution in [1.82, 2.24) is 4.90 Å². The maximum atomic E-state index is 12.3. The van der Waals surface area contributed by atoms with Crippen LogP contribution in [0.2, 0.25) is 0 Å². The number of nitrogens with zero attached hydrogens (tertiary/aromatic N) is 2. The standard InChI is InChI=1S/C18H22N2O4S/c1-11-9-20(10-12(2)24-11)18-19-17(21)16(25-18)8-13-5-6-14(22-3)15(7-13)23-4/h5-8,11-12H,9-10H2,1-4H3/b16-8+/t11-,12-/m1/s1. The van der Waals surface area contributed by atoms with E-state index in [2.05, 4.69) is 9.89 Å². The number of methoxy groups -OCH3 is 2. The van der Waals surface area contributed by atoms with Gasteiger partial charge in [0.15, 0.2) is 16.7 Å². The van der Waals surface area contributed by atoms with E-state index in [0.717, 1.165) is 23.8 Å². The second kappa shape index (κ2) is 7.49. The Hall–Kier alpha value is -1.99. The smallest absolute Gasteiger partial charge is 0.286 e. The molecule has 0 N–H and O–H groups in total. The number of aliphatic imine (C=N–C) groups is 1. The van der Waals surface area contributed by atoms with Crippen molar-refractivity contribution < 1.29 is 19.0 Å². The number of morpholine rings is 1. The second-order valence-electron chi connectivity index (χ2n) is 6.09. The third-order valence-corrected chi connectivity index (χ3v) is 5.05. The predicted molar refractivity (Wildman–Crippen MR) is 99.1 cm³/mol. The van der Waals surface area contributed by atoms with Crippen LogP contribution in [0, 0.1) is 0 Å². The SMILES string of the molecule is COc1ccc(/C=C2/SC(N3C[C@@H](C)O[C@H](C)C3)=NC2=O)cc1OC. The van der Waals surface area contributed by atoms with Crippen LogP contribution in [0.4, 0.5) is 0 Å². The molecule has 0 unspecified atom stereocenters. The number of carbonyl (C=O) groups is 1. The monoisotopic (exact) mass is 362 g/mol. The topological polar surface area (TPSA) is 60.4 Å². The number of rotatable bonds is 3. The molecule has 0 saturated carbocycles. The zero-order valence-corrected chi connectivity index (χ0v) is 15.6. The first-order valence-electron chi connectivity index (χ1n) is 8.15. The summed E-state index contributed by atoms with van der Waals surface area (Å²) in [6, 6.07) is 5.55. The van der Waals surface area contributed by atoms with Crippen LogP contribution >= 0.6 is 11.8 Å². The Bertz CT molecular complexity index is 722. The Balaban J connectivity index is 1.77. The number of ether oxygens (including phenoxy) is 3. The minimum atomic E-state index is -0.207. The number of amides is 1. The number of thioether (sulfide) groups is 1. The molecule has 25 heavy (non-hydrogen) atoms. The minimum absolute atomic E-state index is 0.126. The molecule has 2 aliphatic rings. The van der Waals surface area contributed by atoms with E-state index in [9.17, 15) is 4.79 Å². The van der Waals surface area contributed by atoms with Gasteiger partial charge in [0.1, 0.15) is 0 Å². The molecule has 0 spiro atoms. The third-order valence-electron chi connectivity index (χ3n) is 4.00. The highest BCUT2D eigenvalue weighted by Crippen LogP contribution is 2.33. The first kappa shape index (κ1) is 17.8. The van der Waals surface area contributed by atoms with E-state index < -0.39 is 0 Å². The summed E-state index contributed by atoms with van der Waals surface area (Å²) in [4.78, 5) is 19.2. The van der Waals surface area contributed by atoms with Gasteiger partial charge in [0.2, 0.25) is 0 Å². The van der Waals surface area contributed by atoms with Crippen molar-refractivity contribution in [2.45, 2.75) is 26.1 Å². The lowest BCUT2D eigenvalue weighted by Crippen LogP contribution is -2.47. The average Bonchev–Trinajstić information content (AvgIpc) is 2.94. The van der Waals surface area contributed by atoms with Crippen LogP contribution in [0.25, 0.3) is 6.08 Å². The number of carbonyl (C=O) groups excluding carboxylic acids is 1. The van der Waals surface area contributed by atoms with Crippen LogP contribution in [0.15, 0.2) is 28.1 Å². The highest BCUT2D eigenvalue weighted by molar-refractivity contribution is 8.18. The molecule has 1 amide bonds. The Labute approximate surface area is 151 Å². The number of amidine groups is 1. The van der Waals surface area contributed by atoms with Gasteiger partial charge in [0.05, 0.1) is 31.3 Å². The Morgan fingerprint density at radius 1 is 1.20 bits per heavy atom. The van der Waals surface area contributed by atoms with Crippen molar-refractivity contribution in [2.75, 3.05) is 27.3 Å². The van der Waals surface area contributed by atoms with E-state index >= 15 is 0 Å². The molecule has 7 heteroatoms. The molecule has 1 aromatic rings. The van der Waals surface area contributed by atoms with E-state index in [1.54, 1.807) is 14.2 Å². The fourth-order valence-electron chi connectivity index (χ4n) is 2.96. The molecule has 1 aromatic carbocycles. The van der Waals surface area contributed by atoms with E-state index in [1.807, 2.05) is 38.1 Å². The minimum Gasteiger partial charge on any atom is -0.493 e. The predicted octanol–water partition coefficient (Wildman–Crippen LogP) is 2.78. The van der Waals surface area contributed by atoms with E-state index in [4.69, 9.17) is 14.2 Å². The fraction of sp³-hybridized carbons (Fsp3) is 0.444. The van der Waals surface area contributed by atoms with Gasteiger partial charge < -0.3 is 19.1 Å². The number of benzene rings is 1. The maximum absolute atomic E-state index is 12.3. The molecule has 0 bridgehead atoms. The van der Waals surface area contributed by atoms with Crippen molar-refractivity contribution in [3.8, 4) is 11.5 Å². The lowest BCUT2D eigenvalue weighted by molar-refractivity contribution is -0.113. The van der Waals surface area contributed by atoms with Crippen LogP contribution < -0.4 is 9.47 Å². The molecule has 2 atom stereocenters. The van der Waals surface area contributed by atoms with Crippen molar-refractivity contribution in [2.24, 2.45) is 4.99 Å². The van der Waals surface area contributed by atoms with Gasteiger partial charge in [0, 0.05) is 13.1 Å². The largest absolute Gasteiger partial charge is 0.493 e. The Kier molecular flexibility index (Phi) is 5.34. The molecule has 134 valence electrons. The summed E-state index contributed by atoms with van der Waals surface area (Å²) in [5.41, 5.74) is 0.869. The molecular formula is C18H22N2O4S. The van der Waals surface area contributed by atoms with Gasteiger partial charge in [-0.2, -0.15) is 4.99 Å². The maximum Gasteiger partial charge on any atom is 0.286 e. The van der Waals surface area contributed by atoms with Gasteiger partial charge in [-0.25, -0.2) is 0 Å². The molecule has 1 fully saturated rings. The molecule has 0 radical (unpaired) electrons. The Morgan fingerprint density at radius 2 is 1.88 bits per heavy atom. The normalized spacial score (nSPS) is 25.3. The summed E-state index contributed by atoms with van der Waals surface area (Å²) in [6.07, 6.45) is 2.08. The molecule has 1 saturated heterocycles. The van der Waals surface area contributed by atoms with E-state index in [-0.39, 0.29) is 18.1 Å². The van der Waals surface area contributed by atoms with Gasteiger partial charge in [0.25, 0.3) is 5.91 Å². The zero-order valence-electron chi connectivity index (χ0n) is 14.8. The van der Waals surface area contributed by atoms with Crippen molar-refractivity contribution >= 4 is 28.9 Å². The third kappa shape index (κ3) is 3.99. The molecule has 2 heterocycles. The van der Waals surface area contributed by atoms with Crippen LogP contribution in [0.3, 0.4) is 0 Å². The van der Waals surface area contributed by atoms with Crippen molar-refractivity contribution in [1.29, 1.82) is 0 Å². The van der Waals surface area contributed by atoms with Crippen molar-refractivity contribution in [3.05, 3.63) is 28.7 Å². The summed E-state index contributed by atoms with van der Waals surface area (Å²) in [5, 5.41) is 0.749. The lowest BCUT2D eigenvalue weighted by Gasteiger charge is -2.35. The highest BCUT2D eigenvalue weighted by atomic mass is 32.2. The van der Waals surface area contributed by atoms with Crippen LogP contribution in [0.1, 0.15) is 19.4 Å². The van der Waals surface area contributed by atoms with E-state index in [1.165, 1.54) is 11.8 Å². The molecule has 0 aromatic heterocycles. The lowest BCUT2D eigenvalue weighted by atomic mass is 10.2. The summed E-state index contributed by atoms with van der Waals surface area (Å²) in [7, 11) is 3.18. The molecule has 2 aliphatic heterocycles. The van der Waals surface area contributed by atoms with Gasteiger partial charge in [-0.05, 0) is 49.4 Å². The van der Waals surface area contributed by atoms with Gasteiger partial charge >= 0.3 is 0 Å². The summed E-state index contributed by atoms with van der Waals surface area (Å²) < 4.78 is 16.3. The van der Waals surface area contributed by atoms with Gasteiger partial charge in [-0.3, -0.25) is 4.79 Å². The highest BCUT2D eigenvalue weighted by Gasteiger charge is 2.31. The molecule has 6 nitrogen and oxygen atoms in total. The fourth-order valence-corrected chi connectivity index (χ4v) is 3.89. The van der Waals surface area contributed by atoms with E-state index in [0.29, 0.717) is 16.4 Å². The second-order valence-corrected chi connectivity index (χ2v) is 7.10. The summed E-state index contributed by atoms with van der Waals surface area (Å²) >= 11 is 1.41. The van der Waals surface area contributed by atoms with Gasteiger partial charge in [-0.1, -0.05) is 6.07 Å². The number of hydrogen-bond acceptors (Lipinski definition) is 6. The Morgan fingerprint density at radius 3 is 2.52 bits per heavy atom. The molecule has 0 aliphatic carbocycles. The molecular weight excluding hydrogens is 340 g/mol. The average molecular weight is 362 g/mol. The quantitative estimate of drug-likeness (QED) is 0.771. The first-order valence-corrected chi connectivity index (χ1v) is 8.96.